The fourth-order valence-electron chi connectivity index (χ4n) is 3.26. The Hall–Kier alpha value is -1.42. The normalized spacial score (nSPS) is 22.7. The maximum absolute atomic E-state index is 13.3. The first-order valence-electron chi connectivity index (χ1n) is 7.58. The second-order valence-electron chi connectivity index (χ2n) is 6.07. The number of halogens is 2. The van der Waals surface area contributed by atoms with Crippen molar-refractivity contribution in [2.75, 3.05) is 13.1 Å². The third-order valence-corrected chi connectivity index (χ3v) is 4.41. The maximum atomic E-state index is 13.3. The van der Waals surface area contributed by atoms with Crippen molar-refractivity contribution in [1.82, 2.24) is 4.90 Å². The highest BCUT2D eigenvalue weighted by Crippen LogP contribution is 2.28. The molecule has 1 aliphatic heterocycles. The molecule has 1 fully saturated rings. The van der Waals surface area contributed by atoms with Gasteiger partial charge in [0.15, 0.2) is 0 Å². The van der Waals surface area contributed by atoms with Gasteiger partial charge in [0.1, 0.15) is 5.82 Å². The van der Waals surface area contributed by atoms with Crippen LogP contribution in [-0.2, 0) is 6.54 Å². The molecule has 0 amide bonds. The predicted octanol–water partition coefficient (Wildman–Crippen LogP) is 3.80. The average molecular weight is 319 g/mol. The lowest BCUT2D eigenvalue weighted by molar-refractivity contribution is 0.181. The fraction of sp³-hybridized carbons (Fsp3) is 0.333. The van der Waals surface area contributed by atoms with Gasteiger partial charge in [-0.3, -0.25) is 4.90 Å². The standard InChI is InChI=1S/C18H20ClFN2/c19-16-5-2-4-14(8-16)15-9-18(21)12-22(11-15)10-13-3-1-6-17(20)7-13/h1-8,15,18H,9-12,21H2. The third kappa shape index (κ3) is 3.86. The minimum Gasteiger partial charge on any atom is -0.327 e. The van der Waals surface area contributed by atoms with Crippen LogP contribution in [0.25, 0.3) is 0 Å². The molecule has 2 aromatic carbocycles. The lowest BCUT2D eigenvalue weighted by atomic mass is 9.88. The van der Waals surface area contributed by atoms with E-state index in [4.69, 9.17) is 17.3 Å². The van der Waals surface area contributed by atoms with Crippen molar-refractivity contribution in [3.05, 3.63) is 70.5 Å². The second kappa shape index (κ2) is 6.78. The monoisotopic (exact) mass is 318 g/mol. The average Bonchev–Trinajstić information content (AvgIpc) is 2.46. The van der Waals surface area contributed by atoms with Crippen molar-refractivity contribution < 1.29 is 4.39 Å². The predicted molar refractivity (Wildman–Crippen MR) is 88.5 cm³/mol. The highest BCUT2D eigenvalue weighted by molar-refractivity contribution is 6.30. The van der Waals surface area contributed by atoms with E-state index in [0.717, 1.165) is 36.6 Å². The number of benzene rings is 2. The Morgan fingerprint density at radius 1 is 1.14 bits per heavy atom. The van der Waals surface area contributed by atoms with E-state index in [0.29, 0.717) is 5.92 Å². The number of nitrogens with zero attached hydrogens (tertiary/aromatic N) is 1. The van der Waals surface area contributed by atoms with E-state index in [1.54, 1.807) is 12.1 Å². The Morgan fingerprint density at radius 3 is 2.73 bits per heavy atom. The van der Waals surface area contributed by atoms with Crippen LogP contribution in [0.5, 0.6) is 0 Å². The van der Waals surface area contributed by atoms with Crippen LogP contribution in [0.2, 0.25) is 5.02 Å². The Kier molecular flexibility index (Phi) is 4.77. The van der Waals surface area contributed by atoms with E-state index >= 15 is 0 Å². The van der Waals surface area contributed by atoms with E-state index < -0.39 is 0 Å². The van der Waals surface area contributed by atoms with Crippen LogP contribution >= 0.6 is 11.6 Å². The van der Waals surface area contributed by atoms with Crippen molar-refractivity contribution >= 4 is 11.6 Å². The van der Waals surface area contributed by atoms with Crippen molar-refractivity contribution in [3.8, 4) is 0 Å². The van der Waals surface area contributed by atoms with Gasteiger partial charge in [0, 0.05) is 30.7 Å². The molecular formula is C18H20ClFN2. The van der Waals surface area contributed by atoms with Gasteiger partial charge in [0.25, 0.3) is 0 Å². The SMILES string of the molecule is NC1CC(c2cccc(Cl)c2)CN(Cc2cccc(F)c2)C1. The first kappa shape index (κ1) is 15.5. The fourth-order valence-corrected chi connectivity index (χ4v) is 3.46. The lowest BCUT2D eigenvalue weighted by Crippen LogP contribution is -2.45. The van der Waals surface area contributed by atoms with Gasteiger partial charge in [-0.1, -0.05) is 35.9 Å². The van der Waals surface area contributed by atoms with Gasteiger partial charge in [-0.05, 0) is 47.7 Å². The molecule has 0 saturated carbocycles. The maximum Gasteiger partial charge on any atom is 0.123 e. The summed E-state index contributed by atoms with van der Waals surface area (Å²) in [7, 11) is 0. The summed E-state index contributed by atoms with van der Waals surface area (Å²) in [4.78, 5) is 2.30. The first-order valence-corrected chi connectivity index (χ1v) is 7.96. The zero-order chi connectivity index (χ0) is 15.5. The number of nitrogens with two attached hydrogens (primary N) is 1. The zero-order valence-electron chi connectivity index (χ0n) is 12.4. The Bertz CT molecular complexity index is 646. The van der Waals surface area contributed by atoms with E-state index in [9.17, 15) is 4.39 Å². The van der Waals surface area contributed by atoms with Gasteiger partial charge >= 0.3 is 0 Å². The summed E-state index contributed by atoms with van der Waals surface area (Å²) < 4.78 is 13.3. The summed E-state index contributed by atoms with van der Waals surface area (Å²) >= 11 is 6.10. The van der Waals surface area contributed by atoms with Gasteiger partial charge in [0.05, 0.1) is 0 Å². The zero-order valence-corrected chi connectivity index (χ0v) is 13.1. The van der Waals surface area contributed by atoms with Crippen LogP contribution in [0.3, 0.4) is 0 Å². The molecule has 1 aliphatic rings. The van der Waals surface area contributed by atoms with E-state index in [1.807, 2.05) is 24.3 Å². The number of piperidine rings is 1. The van der Waals surface area contributed by atoms with E-state index in [-0.39, 0.29) is 11.9 Å². The summed E-state index contributed by atoms with van der Waals surface area (Å²) in [6.45, 7) is 2.49. The van der Waals surface area contributed by atoms with Crippen molar-refractivity contribution in [1.29, 1.82) is 0 Å². The lowest BCUT2D eigenvalue weighted by Gasteiger charge is -2.36. The molecule has 0 aromatic heterocycles. The molecule has 1 saturated heterocycles. The molecule has 1 heterocycles. The van der Waals surface area contributed by atoms with Gasteiger partial charge in [0.2, 0.25) is 0 Å². The van der Waals surface area contributed by atoms with E-state index in [2.05, 4.69) is 11.0 Å². The quantitative estimate of drug-likeness (QED) is 0.932. The first-order chi connectivity index (χ1) is 10.6. The molecule has 0 aliphatic carbocycles. The molecule has 0 radical (unpaired) electrons. The largest absolute Gasteiger partial charge is 0.327 e. The Balaban J connectivity index is 1.73. The molecule has 4 heteroatoms. The van der Waals surface area contributed by atoms with Gasteiger partial charge < -0.3 is 5.73 Å². The molecular weight excluding hydrogens is 299 g/mol. The summed E-state index contributed by atoms with van der Waals surface area (Å²) in [6.07, 6.45) is 0.958. The highest BCUT2D eigenvalue weighted by Gasteiger charge is 2.26. The smallest absolute Gasteiger partial charge is 0.123 e. The number of rotatable bonds is 3. The van der Waals surface area contributed by atoms with E-state index in [1.165, 1.54) is 11.6 Å². The Morgan fingerprint density at radius 2 is 1.95 bits per heavy atom. The van der Waals surface area contributed by atoms with Gasteiger partial charge in [-0.15, -0.1) is 0 Å². The number of hydrogen-bond acceptors (Lipinski definition) is 2. The molecule has 2 nitrogen and oxygen atoms in total. The second-order valence-corrected chi connectivity index (χ2v) is 6.51. The number of hydrogen-bond donors (Lipinski definition) is 1. The van der Waals surface area contributed by atoms with Crippen molar-refractivity contribution in [2.45, 2.75) is 24.9 Å². The van der Waals surface area contributed by atoms with Gasteiger partial charge in [-0.25, -0.2) is 4.39 Å². The minimum atomic E-state index is -0.190. The third-order valence-electron chi connectivity index (χ3n) is 4.17. The van der Waals surface area contributed by atoms with Crippen LogP contribution in [0, 0.1) is 5.82 Å². The minimum absolute atomic E-state index is 0.131. The molecule has 3 rings (SSSR count). The molecule has 22 heavy (non-hydrogen) atoms. The molecule has 116 valence electrons. The van der Waals surface area contributed by atoms with Crippen molar-refractivity contribution in [2.24, 2.45) is 5.73 Å². The van der Waals surface area contributed by atoms with Crippen LogP contribution in [0.15, 0.2) is 48.5 Å². The summed E-state index contributed by atoms with van der Waals surface area (Å²) in [5.74, 6) is 0.182. The van der Waals surface area contributed by atoms with Gasteiger partial charge in [-0.2, -0.15) is 0 Å². The Labute approximate surface area is 135 Å². The summed E-state index contributed by atoms with van der Waals surface area (Å²) in [5.41, 5.74) is 8.44. The van der Waals surface area contributed by atoms with Crippen LogP contribution in [-0.4, -0.2) is 24.0 Å². The molecule has 0 bridgehead atoms. The van der Waals surface area contributed by atoms with Crippen LogP contribution in [0.4, 0.5) is 4.39 Å². The summed E-state index contributed by atoms with van der Waals surface area (Å²) in [5, 5.41) is 0.758. The highest BCUT2D eigenvalue weighted by atomic mass is 35.5. The number of likely N-dealkylation sites (tertiary alicyclic amines) is 1. The molecule has 0 spiro atoms. The topological polar surface area (TPSA) is 29.3 Å². The molecule has 2 aromatic rings. The molecule has 2 N–H and O–H groups in total. The summed E-state index contributed by atoms with van der Waals surface area (Å²) in [6, 6.07) is 14.9. The molecule has 2 atom stereocenters. The van der Waals surface area contributed by atoms with Crippen LogP contribution < -0.4 is 5.73 Å². The van der Waals surface area contributed by atoms with Crippen LogP contribution in [0.1, 0.15) is 23.5 Å². The van der Waals surface area contributed by atoms with Crippen molar-refractivity contribution in [3.63, 3.8) is 0 Å². The molecule has 2 unspecified atom stereocenters.